The molecule has 2 aromatic heterocycles. The number of hydrogen-bond donors (Lipinski definition) is 1. The Morgan fingerprint density at radius 1 is 0.881 bits per heavy atom. The first-order chi connectivity index (χ1) is 20.7. The number of morpholine rings is 1. The predicted molar refractivity (Wildman–Crippen MR) is 160 cm³/mol. The molecule has 0 amide bonds. The van der Waals surface area contributed by atoms with Crippen LogP contribution in [0.2, 0.25) is 0 Å². The second-order valence-electron chi connectivity index (χ2n) is 10.5. The van der Waals surface area contributed by atoms with Crippen LogP contribution in [0.15, 0.2) is 61.1 Å². The van der Waals surface area contributed by atoms with E-state index in [2.05, 4.69) is 25.2 Å². The first kappa shape index (κ1) is 28.1. The zero-order valence-electron chi connectivity index (χ0n) is 24.0. The Bertz CT molecular complexity index is 1440. The molecule has 42 heavy (non-hydrogen) atoms. The van der Waals surface area contributed by atoms with E-state index in [0.29, 0.717) is 42.9 Å². The molecule has 2 saturated heterocycles. The van der Waals surface area contributed by atoms with Crippen LogP contribution >= 0.6 is 0 Å². The number of benzene rings is 2. The lowest BCUT2D eigenvalue weighted by Crippen LogP contribution is -2.37. The van der Waals surface area contributed by atoms with Gasteiger partial charge in [0.1, 0.15) is 29.7 Å². The van der Waals surface area contributed by atoms with Gasteiger partial charge in [-0.05, 0) is 55.8 Å². The second kappa shape index (κ2) is 13.8. The minimum Gasteiger partial charge on any atom is -0.490 e. The molecule has 10 heteroatoms. The van der Waals surface area contributed by atoms with Crippen LogP contribution in [0, 0.1) is 6.92 Å². The maximum absolute atomic E-state index is 6.49. The van der Waals surface area contributed by atoms with Gasteiger partial charge >= 0.3 is 0 Å². The smallest absolute Gasteiger partial charge is 0.163 e. The molecule has 0 aliphatic carbocycles. The Kier molecular flexibility index (Phi) is 9.24. The molecular formula is C32H37N5O5. The van der Waals surface area contributed by atoms with Crippen LogP contribution < -0.4 is 19.5 Å². The van der Waals surface area contributed by atoms with Crippen molar-refractivity contribution < 1.29 is 23.7 Å². The number of anilines is 2. The maximum Gasteiger partial charge on any atom is 0.163 e. The Labute approximate surface area is 245 Å². The number of aromatic nitrogens is 3. The summed E-state index contributed by atoms with van der Waals surface area (Å²) in [5.41, 5.74) is 2.60. The van der Waals surface area contributed by atoms with Crippen LogP contribution in [-0.2, 0) is 9.47 Å². The summed E-state index contributed by atoms with van der Waals surface area (Å²) in [6, 6.07) is 15.5. The third kappa shape index (κ3) is 7.44. The maximum atomic E-state index is 6.49. The van der Waals surface area contributed by atoms with Crippen LogP contribution in [0.4, 0.5) is 11.5 Å². The number of aryl methyl sites for hydroxylation is 1. The van der Waals surface area contributed by atoms with Gasteiger partial charge in [-0.3, -0.25) is 9.88 Å². The fraction of sp³-hybridized carbons (Fsp3) is 0.406. The highest BCUT2D eigenvalue weighted by Gasteiger charge is 2.20. The van der Waals surface area contributed by atoms with E-state index in [4.69, 9.17) is 23.7 Å². The van der Waals surface area contributed by atoms with Crippen molar-refractivity contribution in [3.8, 4) is 23.0 Å². The molecule has 0 radical (unpaired) electrons. The molecule has 4 aromatic rings. The van der Waals surface area contributed by atoms with Crippen LogP contribution in [0.5, 0.6) is 23.0 Å². The Hall–Kier alpha value is -3.99. The van der Waals surface area contributed by atoms with Crippen molar-refractivity contribution in [3.05, 3.63) is 66.7 Å². The topological polar surface area (TPSA) is 100 Å². The van der Waals surface area contributed by atoms with E-state index in [0.717, 1.165) is 80.1 Å². The molecule has 2 fully saturated rings. The van der Waals surface area contributed by atoms with Crippen molar-refractivity contribution in [1.82, 2.24) is 19.9 Å². The normalized spacial score (nSPS) is 16.3. The van der Waals surface area contributed by atoms with Gasteiger partial charge < -0.3 is 29.0 Å². The number of ether oxygens (including phenoxy) is 5. The highest BCUT2D eigenvalue weighted by Crippen LogP contribution is 2.37. The summed E-state index contributed by atoms with van der Waals surface area (Å²) in [5.74, 6) is 3.51. The first-order valence-electron chi connectivity index (χ1n) is 14.6. The molecule has 6 rings (SSSR count). The summed E-state index contributed by atoms with van der Waals surface area (Å²) in [7, 11) is 0. The van der Waals surface area contributed by atoms with E-state index in [9.17, 15) is 0 Å². The molecule has 4 heterocycles. The molecule has 10 nitrogen and oxygen atoms in total. The number of rotatable bonds is 11. The third-order valence-electron chi connectivity index (χ3n) is 7.38. The minimum absolute atomic E-state index is 0.0733. The molecule has 0 unspecified atom stereocenters. The van der Waals surface area contributed by atoms with E-state index in [1.807, 2.05) is 55.5 Å². The molecule has 0 atom stereocenters. The number of pyridine rings is 1. The van der Waals surface area contributed by atoms with Crippen molar-refractivity contribution in [2.75, 3.05) is 58.0 Å². The van der Waals surface area contributed by atoms with Gasteiger partial charge in [-0.2, -0.15) is 0 Å². The number of nitrogens with zero attached hydrogens (tertiary/aromatic N) is 4. The van der Waals surface area contributed by atoms with E-state index in [1.54, 1.807) is 12.5 Å². The van der Waals surface area contributed by atoms with Crippen molar-refractivity contribution >= 4 is 22.4 Å². The second-order valence-corrected chi connectivity index (χ2v) is 10.5. The van der Waals surface area contributed by atoms with Crippen molar-refractivity contribution in [2.45, 2.75) is 32.3 Å². The highest BCUT2D eigenvalue weighted by atomic mass is 16.5. The average molecular weight is 572 g/mol. The standard InChI is InChI=1S/C32H37N5O5/c1-23-3-6-27(21-33-23)41-25-7-4-24(5-8-25)36-32-28-19-31(42-26-9-15-38-16-10-26)30(20-29(28)34-22-35-32)40-14-2-11-37-12-17-39-18-13-37/h3-8,19-22,26H,2,9-18H2,1H3,(H,34,35,36). The van der Waals surface area contributed by atoms with Crippen molar-refractivity contribution in [2.24, 2.45) is 0 Å². The van der Waals surface area contributed by atoms with Crippen LogP contribution in [-0.4, -0.2) is 78.6 Å². The average Bonchev–Trinajstić information content (AvgIpc) is 3.03. The Morgan fingerprint density at radius 2 is 1.67 bits per heavy atom. The molecular weight excluding hydrogens is 534 g/mol. The third-order valence-corrected chi connectivity index (χ3v) is 7.38. The zero-order chi connectivity index (χ0) is 28.6. The molecule has 2 aliphatic heterocycles. The predicted octanol–water partition coefficient (Wildman–Crippen LogP) is 5.53. The minimum atomic E-state index is 0.0733. The van der Waals surface area contributed by atoms with E-state index in [1.165, 1.54) is 0 Å². The summed E-state index contributed by atoms with van der Waals surface area (Å²) < 4.78 is 29.7. The van der Waals surface area contributed by atoms with Gasteiger partial charge in [0.15, 0.2) is 11.5 Å². The lowest BCUT2D eigenvalue weighted by atomic mass is 10.1. The van der Waals surface area contributed by atoms with Gasteiger partial charge in [0.2, 0.25) is 0 Å². The largest absolute Gasteiger partial charge is 0.490 e. The lowest BCUT2D eigenvalue weighted by molar-refractivity contribution is 0.0240. The van der Waals surface area contributed by atoms with Gasteiger partial charge in [0, 0.05) is 55.3 Å². The number of fused-ring (bicyclic) bond motifs is 1. The fourth-order valence-corrected chi connectivity index (χ4v) is 5.03. The van der Waals surface area contributed by atoms with Gasteiger partial charge in [0.25, 0.3) is 0 Å². The fourth-order valence-electron chi connectivity index (χ4n) is 5.03. The van der Waals surface area contributed by atoms with Crippen LogP contribution in [0.25, 0.3) is 10.9 Å². The molecule has 1 N–H and O–H groups in total. The SMILES string of the molecule is Cc1ccc(Oc2ccc(Nc3ncnc4cc(OCCCN5CCOCC5)c(OC5CCOCC5)cc34)cc2)cn1. The highest BCUT2D eigenvalue weighted by molar-refractivity contribution is 5.93. The summed E-state index contributed by atoms with van der Waals surface area (Å²) in [4.78, 5) is 15.8. The van der Waals surface area contributed by atoms with Crippen molar-refractivity contribution in [1.29, 1.82) is 0 Å². The molecule has 2 aromatic carbocycles. The monoisotopic (exact) mass is 571 g/mol. The molecule has 0 spiro atoms. The van der Waals surface area contributed by atoms with Crippen molar-refractivity contribution in [3.63, 3.8) is 0 Å². The van der Waals surface area contributed by atoms with Gasteiger partial charge in [-0.15, -0.1) is 0 Å². The number of nitrogens with one attached hydrogen (secondary N) is 1. The van der Waals surface area contributed by atoms with Crippen LogP contribution in [0.3, 0.4) is 0 Å². The van der Waals surface area contributed by atoms with Gasteiger partial charge in [-0.1, -0.05) is 0 Å². The Morgan fingerprint density at radius 3 is 2.45 bits per heavy atom. The summed E-state index contributed by atoms with van der Waals surface area (Å²) in [6.45, 7) is 8.46. The van der Waals surface area contributed by atoms with E-state index < -0.39 is 0 Å². The zero-order valence-corrected chi connectivity index (χ0v) is 24.0. The van der Waals surface area contributed by atoms with Crippen LogP contribution in [0.1, 0.15) is 25.0 Å². The Balaban J connectivity index is 1.18. The summed E-state index contributed by atoms with van der Waals surface area (Å²) in [5, 5.41) is 4.29. The van der Waals surface area contributed by atoms with Gasteiger partial charge in [-0.25, -0.2) is 9.97 Å². The van der Waals surface area contributed by atoms with E-state index in [-0.39, 0.29) is 6.10 Å². The molecule has 220 valence electrons. The molecule has 0 saturated carbocycles. The van der Waals surface area contributed by atoms with Gasteiger partial charge in [0.05, 0.1) is 44.7 Å². The molecule has 0 bridgehead atoms. The quantitative estimate of drug-likeness (QED) is 0.231. The number of hydrogen-bond acceptors (Lipinski definition) is 10. The first-order valence-corrected chi connectivity index (χ1v) is 14.6. The lowest BCUT2D eigenvalue weighted by Gasteiger charge is -2.27. The van der Waals surface area contributed by atoms with E-state index >= 15 is 0 Å². The summed E-state index contributed by atoms with van der Waals surface area (Å²) >= 11 is 0. The molecule has 2 aliphatic rings. The summed E-state index contributed by atoms with van der Waals surface area (Å²) in [6.07, 6.45) is 5.97.